The van der Waals surface area contributed by atoms with Crippen LogP contribution in [0.5, 0.6) is 17.2 Å². The van der Waals surface area contributed by atoms with Gasteiger partial charge in [0.25, 0.3) is 5.91 Å². The fraction of sp³-hybridized carbons (Fsp3) is 0.435. The molecular formula is C23H31N3O6S. The van der Waals surface area contributed by atoms with Gasteiger partial charge in [0, 0.05) is 50.0 Å². The molecule has 0 aromatic heterocycles. The summed E-state index contributed by atoms with van der Waals surface area (Å²) in [5.41, 5.74) is 1.44. The summed E-state index contributed by atoms with van der Waals surface area (Å²) < 4.78 is 42.5. The number of carbonyl (C=O) groups is 1. The van der Waals surface area contributed by atoms with Gasteiger partial charge in [-0.1, -0.05) is 0 Å². The van der Waals surface area contributed by atoms with Gasteiger partial charge in [0.15, 0.2) is 0 Å². The van der Waals surface area contributed by atoms with E-state index in [-0.39, 0.29) is 18.2 Å². The Bertz CT molecular complexity index is 1010. The predicted octanol–water partition coefficient (Wildman–Crippen LogP) is 1.98. The molecule has 2 aromatic carbocycles. The molecule has 9 nitrogen and oxygen atoms in total. The first-order chi connectivity index (χ1) is 15.9. The van der Waals surface area contributed by atoms with Gasteiger partial charge < -0.3 is 24.4 Å². The lowest BCUT2D eigenvalue weighted by Gasteiger charge is -2.35. The van der Waals surface area contributed by atoms with Gasteiger partial charge in [0.2, 0.25) is 10.0 Å². The van der Waals surface area contributed by atoms with E-state index in [0.29, 0.717) is 49.7 Å². The molecule has 1 N–H and O–H groups in total. The molecule has 3 rings (SSSR count). The van der Waals surface area contributed by atoms with Crippen LogP contribution in [0.2, 0.25) is 0 Å². The molecule has 0 saturated carbocycles. The van der Waals surface area contributed by atoms with Crippen molar-refractivity contribution in [3.05, 3.63) is 48.0 Å². The summed E-state index contributed by atoms with van der Waals surface area (Å²) in [4.78, 5) is 14.6. The van der Waals surface area contributed by atoms with Crippen molar-refractivity contribution >= 4 is 21.6 Å². The Balaban J connectivity index is 1.45. The molecule has 0 unspecified atom stereocenters. The molecule has 1 saturated heterocycles. The van der Waals surface area contributed by atoms with Crippen LogP contribution in [0.1, 0.15) is 16.8 Å². The van der Waals surface area contributed by atoms with Crippen molar-refractivity contribution in [3.63, 3.8) is 0 Å². The minimum absolute atomic E-state index is 0.0166. The zero-order valence-corrected chi connectivity index (χ0v) is 20.1. The summed E-state index contributed by atoms with van der Waals surface area (Å²) in [5.74, 6) is 1.49. The van der Waals surface area contributed by atoms with Crippen molar-refractivity contribution in [3.8, 4) is 17.2 Å². The topological polar surface area (TPSA) is 97.4 Å². The van der Waals surface area contributed by atoms with Crippen molar-refractivity contribution in [1.82, 2.24) is 9.62 Å². The Labute approximate surface area is 195 Å². The first kappa shape index (κ1) is 24.7. The summed E-state index contributed by atoms with van der Waals surface area (Å²) in [7, 11) is 1.26. The molecule has 0 aliphatic carbocycles. The SMILES string of the molecule is COc1ccc(N2CCN(S(=O)(=O)CCCNC(=O)c3cc(OC)cc(OC)c3)CC2)cc1. The smallest absolute Gasteiger partial charge is 0.251 e. The molecule has 1 heterocycles. The van der Waals surface area contributed by atoms with E-state index in [4.69, 9.17) is 14.2 Å². The van der Waals surface area contributed by atoms with Gasteiger partial charge in [0.1, 0.15) is 17.2 Å². The van der Waals surface area contributed by atoms with Crippen LogP contribution in [0.4, 0.5) is 5.69 Å². The predicted molar refractivity (Wildman–Crippen MR) is 127 cm³/mol. The average Bonchev–Trinajstić information content (AvgIpc) is 2.86. The number of carbonyl (C=O) groups excluding carboxylic acids is 1. The molecule has 0 radical (unpaired) electrons. The minimum Gasteiger partial charge on any atom is -0.497 e. The van der Waals surface area contributed by atoms with Crippen LogP contribution in [0.3, 0.4) is 0 Å². The molecule has 0 atom stereocenters. The highest BCUT2D eigenvalue weighted by Gasteiger charge is 2.26. The summed E-state index contributed by atoms with van der Waals surface area (Å²) >= 11 is 0. The molecule has 180 valence electrons. The second-order valence-corrected chi connectivity index (χ2v) is 9.70. The Morgan fingerprint density at radius 3 is 2.00 bits per heavy atom. The second-order valence-electron chi connectivity index (χ2n) is 7.61. The lowest BCUT2D eigenvalue weighted by Crippen LogP contribution is -2.49. The van der Waals surface area contributed by atoms with Crippen LogP contribution in [-0.2, 0) is 10.0 Å². The Morgan fingerprint density at radius 2 is 1.45 bits per heavy atom. The van der Waals surface area contributed by atoms with Crippen molar-refractivity contribution in [2.75, 3.05) is 64.7 Å². The molecule has 1 fully saturated rings. The van der Waals surface area contributed by atoms with E-state index in [0.717, 1.165) is 11.4 Å². The van der Waals surface area contributed by atoms with E-state index >= 15 is 0 Å². The normalized spacial score (nSPS) is 14.6. The molecular weight excluding hydrogens is 446 g/mol. The molecule has 0 spiro atoms. The number of hydrogen-bond acceptors (Lipinski definition) is 7. The monoisotopic (exact) mass is 477 g/mol. The number of rotatable bonds is 10. The van der Waals surface area contributed by atoms with Gasteiger partial charge in [-0.15, -0.1) is 0 Å². The van der Waals surface area contributed by atoms with Crippen LogP contribution in [0, 0.1) is 0 Å². The van der Waals surface area contributed by atoms with Gasteiger partial charge >= 0.3 is 0 Å². The zero-order valence-electron chi connectivity index (χ0n) is 19.2. The largest absolute Gasteiger partial charge is 0.497 e. The van der Waals surface area contributed by atoms with E-state index in [1.54, 1.807) is 25.3 Å². The van der Waals surface area contributed by atoms with Crippen LogP contribution in [0.25, 0.3) is 0 Å². The number of methoxy groups -OCH3 is 3. The highest BCUT2D eigenvalue weighted by atomic mass is 32.2. The van der Waals surface area contributed by atoms with E-state index in [1.807, 2.05) is 24.3 Å². The molecule has 0 bridgehead atoms. The van der Waals surface area contributed by atoms with E-state index in [2.05, 4.69) is 10.2 Å². The maximum Gasteiger partial charge on any atom is 0.251 e. The highest BCUT2D eigenvalue weighted by molar-refractivity contribution is 7.89. The Kier molecular flexibility index (Phi) is 8.40. The van der Waals surface area contributed by atoms with Crippen LogP contribution in [0.15, 0.2) is 42.5 Å². The van der Waals surface area contributed by atoms with Gasteiger partial charge in [-0.2, -0.15) is 4.31 Å². The number of sulfonamides is 1. The van der Waals surface area contributed by atoms with Crippen LogP contribution < -0.4 is 24.4 Å². The van der Waals surface area contributed by atoms with Gasteiger partial charge in [-0.3, -0.25) is 4.79 Å². The van der Waals surface area contributed by atoms with Crippen molar-refractivity contribution in [1.29, 1.82) is 0 Å². The zero-order chi connectivity index (χ0) is 23.8. The Hall–Kier alpha value is -2.98. The number of benzene rings is 2. The number of nitrogens with zero attached hydrogens (tertiary/aromatic N) is 2. The lowest BCUT2D eigenvalue weighted by atomic mass is 10.2. The number of piperazine rings is 1. The van der Waals surface area contributed by atoms with Gasteiger partial charge in [-0.05, 0) is 42.8 Å². The molecule has 1 amide bonds. The third kappa shape index (κ3) is 6.52. The van der Waals surface area contributed by atoms with Crippen molar-refractivity contribution < 1.29 is 27.4 Å². The number of amides is 1. The molecule has 10 heteroatoms. The number of ether oxygens (including phenoxy) is 3. The van der Waals surface area contributed by atoms with Crippen LogP contribution in [-0.4, -0.2) is 78.4 Å². The summed E-state index contributed by atoms with van der Waals surface area (Å²) in [5, 5.41) is 2.76. The molecule has 2 aromatic rings. The minimum atomic E-state index is -3.39. The Morgan fingerprint density at radius 1 is 0.879 bits per heavy atom. The summed E-state index contributed by atoms with van der Waals surface area (Å²) in [6.07, 6.45) is 0.327. The number of anilines is 1. The maximum atomic E-state index is 12.7. The van der Waals surface area contributed by atoms with Gasteiger partial charge in [-0.25, -0.2) is 8.42 Å². The highest BCUT2D eigenvalue weighted by Crippen LogP contribution is 2.23. The second kappa shape index (κ2) is 11.2. The average molecular weight is 478 g/mol. The summed E-state index contributed by atoms with van der Waals surface area (Å²) in [6.45, 7) is 2.37. The number of nitrogens with one attached hydrogen (secondary N) is 1. The van der Waals surface area contributed by atoms with E-state index in [9.17, 15) is 13.2 Å². The van der Waals surface area contributed by atoms with Gasteiger partial charge in [0.05, 0.1) is 27.1 Å². The maximum absolute atomic E-state index is 12.7. The third-order valence-electron chi connectivity index (χ3n) is 5.55. The lowest BCUT2D eigenvalue weighted by molar-refractivity contribution is 0.0953. The van der Waals surface area contributed by atoms with Crippen molar-refractivity contribution in [2.45, 2.75) is 6.42 Å². The van der Waals surface area contributed by atoms with Crippen molar-refractivity contribution in [2.24, 2.45) is 0 Å². The fourth-order valence-corrected chi connectivity index (χ4v) is 5.13. The quantitative estimate of drug-likeness (QED) is 0.523. The number of hydrogen-bond donors (Lipinski definition) is 1. The third-order valence-corrected chi connectivity index (χ3v) is 7.50. The molecule has 1 aliphatic heterocycles. The molecule has 1 aliphatic rings. The standard InChI is InChI=1S/C23H31N3O6S/c1-30-20-7-5-19(6-8-20)25-10-12-26(13-11-25)33(28,29)14-4-9-24-23(27)18-15-21(31-2)17-22(16-18)32-3/h5-8,15-17H,4,9-14H2,1-3H3,(H,24,27). The summed E-state index contributed by atoms with van der Waals surface area (Å²) in [6, 6.07) is 12.6. The fourth-order valence-electron chi connectivity index (χ4n) is 3.64. The molecule has 33 heavy (non-hydrogen) atoms. The first-order valence-corrected chi connectivity index (χ1v) is 12.4. The van der Waals surface area contributed by atoms with E-state index < -0.39 is 10.0 Å². The van der Waals surface area contributed by atoms with E-state index in [1.165, 1.54) is 18.5 Å². The van der Waals surface area contributed by atoms with Crippen LogP contribution >= 0.6 is 0 Å². The first-order valence-electron chi connectivity index (χ1n) is 10.7.